The fourth-order valence-electron chi connectivity index (χ4n) is 2.98. The third-order valence-corrected chi connectivity index (χ3v) is 4.10. The zero-order valence-corrected chi connectivity index (χ0v) is 13.7. The smallest absolute Gasteiger partial charge is 0.333 e. The lowest BCUT2D eigenvalue weighted by atomic mass is 10.2. The van der Waals surface area contributed by atoms with Crippen molar-refractivity contribution in [2.45, 2.75) is 45.7 Å². The Kier molecular flexibility index (Phi) is 4.93. The van der Waals surface area contributed by atoms with E-state index in [1.165, 1.54) is 6.42 Å². The van der Waals surface area contributed by atoms with Gasteiger partial charge in [-0.2, -0.15) is 0 Å². The maximum atomic E-state index is 11.4. The first-order valence-corrected chi connectivity index (χ1v) is 8.25. The van der Waals surface area contributed by atoms with Gasteiger partial charge in [-0.25, -0.2) is 0 Å². The summed E-state index contributed by atoms with van der Waals surface area (Å²) in [4.78, 5) is 11.0. The van der Waals surface area contributed by atoms with Gasteiger partial charge in [-0.1, -0.05) is 12.5 Å². The second-order valence-corrected chi connectivity index (χ2v) is 5.69. The molecule has 1 aromatic heterocycles. The van der Waals surface area contributed by atoms with E-state index in [1.54, 1.807) is 25.1 Å². The van der Waals surface area contributed by atoms with Crippen molar-refractivity contribution in [1.29, 1.82) is 0 Å². The molecule has 24 heavy (non-hydrogen) atoms. The van der Waals surface area contributed by atoms with E-state index in [9.17, 15) is 10.1 Å². The van der Waals surface area contributed by atoms with Crippen LogP contribution in [0.15, 0.2) is 18.2 Å². The van der Waals surface area contributed by atoms with Crippen LogP contribution in [0.5, 0.6) is 5.75 Å². The average molecular weight is 331 g/mol. The SMILES string of the molecule is CCOc1cccc(NCc2nnc3n2CCCCC3)c1[N+](=O)[O-]. The van der Waals surface area contributed by atoms with Crippen LogP contribution < -0.4 is 10.1 Å². The molecule has 8 heteroatoms. The number of nitrogens with zero attached hydrogens (tertiary/aromatic N) is 4. The lowest BCUT2D eigenvalue weighted by molar-refractivity contribution is -0.384. The molecule has 8 nitrogen and oxygen atoms in total. The van der Waals surface area contributed by atoms with Gasteiger partial charge in [-0.3, -0.25) is 10.1 Å². The van der Waals surface area contributed by atoms with Gasteiger partial charge in [-0.15, -0.1) is 10.2 Å². The number of nitro groups is 1. The Morgan fingerprint density at radius 2 is 2.21 bits per heavy atom. The van der Waals surface area contributed by atoms with Gasteiger partial charge in [0.15, 0.2) is 11.6 Å². The van der Waals surface area contributed by atoms with Crippen LogP contribution in [0, 0.1) is 10.1 Å². The summed E-state index contributed by atoms with van der Waals surface area (Å²) in [5, 5.41) is 23.0. The second-order valence-electron chi connectivity index (χ2n) is 5.69. The third-order valence-electron chi connectivity index (χ3n) is 4.10. The summed E-state index contributed by atoms with van der Waals surface area (Å²) in [5.74, 6) is 2.08. The van der Waals surface area contributed by atoms with E-state index in [1.807, 2.05) is 0 Å². The van der Waals surface area contributed by atoms with Crippen LogP contribution >= 0.6 is 0 Å². The van der Waals surface area contributed by atoms with Gasteiger partial charge < -0.3 is 14.6 Å². The maximum absolute atomic E-state index is 11.4. The molecule has 0 atom stereocenters. The lowest BCUT2D eigenvalue weighted by Gasteiger charge is -2.11. The Morgan fingerprint density at radius 1 is 1.33 bits per heavy atom. The van der Waals surface area contributed by atoms with E-state index < -0.39 is 4.92 Å². The molecular formula is C16H21N5O3. The standard InChI is InChI=1S/C16H21N5O3/c1-2-24-13-8-6-7-12(16(13)21(22)23)17-11-15-19-18-14-9-4-3-5-10-20(14)15/h6-8,17H,2-5,9-11H2,1H3. The minimum atomic E-state index is -0.419. The molecule has 2 aromatic rings. The Labute approximate surface area is 140 Å². The molecule has 0 amide bonds. The molecule has 0 spiro atoms. The average Bonchev–Trinajstić information content (AvgIpc) is 2.79. The largest absolute Gasteiger partial charge is 0.487 e. The zero-order valence-electron chi connectivity index (χ0n) is 13.7. The number of nitro benzene ring substituents is 1. The number of aromatic nitrogens is 3. The number of hydrogen-bond acceptors (Lipinski definition) is 6. The lowest BCUT2D eigenvalue weighted by Crippen LogP contribution is -2.11. The van der Waals surface area contributed by atoms with Crippen molar-refractivity contribution >= 4 is 11.4 Å². The normalized spacial score (nSPS) is 13.9. The van der Waals surface area contributed by atoms with Crippen molar-refractivity contribution < 1.29 is 9.66 Å². The molecule has 0 bridgehead atoms. The molecular weight excluding hydrogens is 310 g/mol. The van der Waals surface area contributed by atoms with Crippen LogP contribution in [0.2, 0.25) is 0 Å². The van der Waals surface area contributed by atoms with E-state index >= 15 is 0 Å². The number of fused-ring (bicyclic) bond motifs is 1. The molecule has 3 rings (SSSR count). The van der Waals surface area contributed by atoms with Gasteiger partial charge in [-0.05, 0) is 31.9 Å². The van der Waals surface area contributed by atoms with E-state index in [-0.39, 0.29) is 11.4 Å². The molecule has 1 aliphatic heterocycles. The molecule has 1 aliphatic rings. The first-order chi connectivity index (χ1) is 11.7. The fraction of sp³-hybridized carbons (Fsp3) is 0.500. The van der Waals surface area contributed by atoms with E-state index in [2.05, 4.69) is 20.1 Å². The number of aryl methyl sites for hydroxylation is 1. The first-order valence-electron chi connectivity index (χ1n) is 8.25. The van der Waals surface area contributed by atoms with Crippen molar-refractivity contribution in [2.24, 2.45) is 0 Å². The van der Waals surface area contributed by atoms with Gasteiger partial charge in [0.05, 0.1) is 18.1 Å². The summed E-state index contributed by atoms with van der Waals surface area (Å²) in [6.45, 7) is 3.47. The first kappa shape index (κ1) is 16.2. The molecule has 0 saturated heterocycles. The number of nitrogens with one attached hydrogen (secondary N) is 1. The summed E-state index contributed by atoms with van der Waals surface area (Å²) in [6, 6.07) is 5.03. The Hall–Kier alpha value is -2.64. The molecule has 0 saturated carbocycles. The monoisotopic (exact) mass is 331 g/mol. The molecule has 128 valence electrons. The Balaban J connectivity index is 1.81. The predicted octanol–water partition coefficient (Wildman–Crippen LogP) is 2.92. The van der Waals surface area contributed by atoms with Crippen molar-refractivity contribution in [3.05, 3.63) is 40.0 Å². The highest BCUT2D eigenvalue weighted by atomic mass is 16.6. The summed E-state index contributed by atoms with van der Waals surface area (Å²) in [7, 11) is 0. The zero-order chi connectivity index (χ0) is 16.9. The van der Waals surface area contributed by atoms with Crippen LogP contribution in [-0.2, 0) is 19.5 Å². The van der Waals surface area contributed by atoms with Gasteiger partial charge >= 0.3 is 5.69 Å². The van der Waals surface area contributed by atoms with E-state index in [0.717, 1.165) is 37.5 Å². The topological polar surface area (TPSA) is 95.1 Å². The highest BCUT2D eigenvalue weighted by Gasteiger charge is 2.21. The minimum absolute atomic E-state index is 0.0463. The fourth-order valence-corrected chi connectivity index (χ4v) is 2.98. The molecule has 2 heterocycles. The van der Waals surface area contributed by atoms with Crippen LogP contribution in [0.4, 0.5) is 11.4 Å². The highest BCUT2D eigenvalue weighted by Crippen LogP contribution is 2.35. The minimum Gasteiger partial charge on any atom is -0.487 e. The predicted molar refractivity (Wildman–Crippen MR) is 89.2 cm³/mol. The van der Waals surface area contributed by atoms with Crippen molar-refractivity contribution in [3.8, 4) is 5.75 Å². The number of hydrogen-bond donors (Lipinski definition) is 1. The van der Waals surface area contributed by atoms with Crippen molar-refractivity contribution in [3.63, 3.8) is 0 Å². The van der Waals surface area contributed by atoms with Gasteiger partial charge in [0, 0.05) is 13.0 Å². The summed E-state index contributed by atoms with van der Waals surface area (Å²) < 4.78 is 7.49. The second kappa shape index (κ2) is 7.29. The number of rotatable bonds is 6. The summed E-state index contributed by atoms with van der Waals surface area (Å²) in [5.41, 5.74) is 0.381. The highest BCUT2D eigenvalue weighted by molar-refractivity contribution is 5.68. The maximum Gasteiger partial charge on any atom is 0.333 e. The quantitative estimate of drug-likeness (QED) is 0.646. The number of benzene rings is 1. The molecule has 0 fully saturated rings. The van der Waals surface area contributed by atoms with Crippen LogP contribution in [0.1, 0.15) is 37.8 Å². The number of anilines is 1. The van der Waals surface area contributed by atoms with Gasteiger partial charge in [0.25, 0.3) is 0 Å². The molecule has 0 unspecified atom stereocenters. The van der Waals surface area contributed by atoms with E-state index in [4.69, 9.17) is 4.74 Å². The van der Waals surface area contributed by atoms with E-state index in [0.29, 0.717) is 18.8 Å². The molecule has 0 radical (unpaired) electrons. The third kappa shape index (κ3) is 3.32. The Morgan fingerprint density at radius 3 is 3.00 bits per heavy atom. The summed E-state index contributed by atoms with van der Waals surface area (Å²) in [6.07, 6.45) is 4.37. The van der Waals surface area contributed by atoms with Crippen molar-refractivity contribution in [1.82, 2.24) is 14.8 Å². The number of para-hydroxylation sites is 1. The molecule has 0 aliphatic carbocycles. The van der Waals surface area contributed by atoms with Gasteiger partial charge in [0.2, 0.25) is 0 Å². The Bertz CT molecular complexity index is 728. The van der Waals surface area contributed by atoms with Crippen molar-refractivity contribution in [2.75, 3.05) is 11.9 Å². The van der Waals surface area contributed by atoms with Gasteiger partial charge in [0.1, 0.15) is 11.5 Å². The number of ether oxygens (including phenoxy) is 1. The summed E-state index contributed by atoms with van der Waals surface area (Å²) >= 11 is 0. The molecule has 1 aromatic carbocycles. The van der Waals surface area contributed by atoms with Crippen LogP contribution in [-0.4, -0.2) is 26.3 Å². The van der Waals surface area contributed by atoms with Crippen LogP contribution in [0.3, 0.4) is 0 Å². The molecule has 1 N–H and O–H groups in total. The van der Waals surface area contributed by atoms with Crippen LogP contribution in [0.25, 0.3) is 0 Å².